The average molecular weight is 401 g/mol. The number of anilines is 1. The van der Waals surface area contributed by atoms with Gasteiger partial charge in [0.2, 0.25) is 4.93 Å². The second kappa shape index (κ2) is 6.62. The van der Waals surface area contributed by atoms with Crippen LogP contribution in [0.5, 0.6) is 0 Å². The molecule has 0 aromatic heterocycles. The number of carbonyl (C=O) groups excluding carboxylic acids is 2. The Kier molecular flexibility index (Phi) is 5.17. The second-order valence-electron chi connectivity index (χ2n) is 5.91. The van der Waals surface area contributed by atoms with Crippen LogP contribution in [0.15, 0.2) is 29.3 Å². The topological polar surface area (TPSA) is 88.0 Å². The highest BCUT2D eigenvalue weighted by Crippen LogP contribution is 2.37. The summed E-state index contributed by atoms with van der Waals surface area (Å²) in [6, 6.07) is 6.90. The molecule has 0 radical (unpaired) electrons. The number of aliphatic hydroxyl groups is 1. The van der Waals surface area contributed by atoms with Crippen LogP contribution in [-0.2, 0) is 9.53 Å². The van der Waals surface area contributed by atoms with Crippen molar-refractivity contribution in [3.63, 3.8) is 0 Å². The van der Waals surface area contributed by atoms with Crippen LogP contribution in [0.2, 0.25) is 0 Å². The highest BCUT2D eigenvalue weighted by Gasteiger charge is 2.43. The molecule has 0 bridgehead atoms. The maximum Gasteiger partial charge on any atom is 0.412 e. The summed E-state index contributed by atoms with van der Waals surface area (Å²) in [5, 5.41) is 13.2. The minimum absolute atomic E-state index is 0.0676. The first-order chi connectivity index (χ1) is 10.6. The Morgan fingerprint density at radius 1 is 1.43 bits per heavy atom. The summed E-state index contributed by atoms with van der Waals surface area (Å²) in [7, 11) is 0. The lowest BCUT2D eigenvalue weighted by Gasteiger charge is -2.20. The van der Waals surface area contributed by atoms with Gasteiger partial charge in [-0.25, -0.2) is 9.79 Å². The van der Waals surface area contributed by atoms with Gasteiger partial charge in [0.05, 0.1) is 11.0 Å². The minimum atomic E-state index is -1.62. The molecule has 0 unspecified atom stereocenters. The molecular formula is C15H17BrN2O4S. The molecule has 1 aliphatic rings. The number of amides is 2. The Balaban J connectivity index is 2.24. The Bertz CT molecular complexity index is 672. The summed E-state index contributed by atoms with van der Waals surface area (Å²) in [5.41, 5.74) is 0.387. The van der Waals surface area contributed by atoms with E-state index in [-0.39, 0.29) is 5.33 Å². The van der Waals surface area contributed by atoms with E-state index in [0.29, 0.717) is 16.3 Å². The summed E-state index contributed by atoms with van der Waals surface area (Å²) < 4.78 is 5.22. The number of hydrogen-bond donors (Lipinski definition) is 2. The van der Waals surface area contributed by atoms with Crippen LogP contribution in [0.25, 0.3) is 0 Å². The van der Waals surface area contributed by atoms with E-state index in [2.05, 4.69) is 26.2 Å². The molecule has 1 aliphatic heterocycles. The normalized spacial score (nSPS) is 21.1. The average Bonchev–Trinajstić information content (AvgIpc) is 2.74. The third kappa shape index (κ3) is 4.33. The van der Waals surface area contributed by atoms with Gasteiger partial charge in [-0.15, -0.1) is 0 Å². The first-order valence-electron chi connectivity index (χ1n) is 6.84. The number of rotatable bonds is 3. The summed E-state index contributed by atoms with van der Waals surface area (Å²) in [4.78, 5) is 26.0. The summed E-state index contributed by atoms with van der Waals surface area (Å²) in [5.74, 6) is -0.624. The van der Waals surface area contributed by atoms with E-state index in [1.54, 1.807) is 45.0 Å². The van der Waals surface area contributed by atoms with Gasteiger partial charge in [-0.1, -0.05) is 45.9 Å². The minimum Gasteiger partial charge on any atom is -0.444 e. The van der Waals surface area contributed by atoms with E-state index >= 15 is 0 Å². The van der Waals surface area contributed by atoms with Gasteiger partial charge >= 0.3 is 6.09 Å². The van der Waals surface area contributed by atoms with Crippen molar-refractivity contribution in [1.82, 2.24) is 0 Å². The van der Waals surface area contributed by atoms with Gasteiger partial charge in [0.25, 0.3) is 5.91 Å². The van der Waals surface area contributed by atoms with Crippen molar-refractivity contribution < 1.29 is 19.4 Å². The van der Waals surface area contributed by atoms with Crippen LogP contribution < -0.4 is 5.32 Å². The molecule has 124 valence electrons. The van der Waals surface area contributed by atoms with E-state index in [4.69, 9.17) is 4.74 Å². The fourth-order valence-corrected chi connectivity index (χ4v) is 3.30. The van der Waals surface area contributed by atoms with Gasteiger partial charge < -0.3 is 9.84 Å². The summed E-state index contributed by atoms with van der Waals surface area (Å²) in [6.07, 6.45) is -0.601. The van der Waals surface area contributed by atoms with Crippen molar-refractivity contribution in [2.45, 2.75) is 31.3 Å². The van der Waals surface area contributed by atoms with E-state index in [1.807, 2.05) is 0 Å². The van der Waals surface area contributed by atoms with Crippen molar-refractivity contribution in [1.29, 1.82) is 0 Å². The molecule has 2 amide bonds. The number of nitrogens with zero attached hydrogens (tertiary/aromatic N) is 1. The van der Waals surface area contributed by atoms with Crippen LogP contribution in [0.1, 0.15) is 26.3 Å². The van der Waals surface area contributed by atoms with Gasteiger partial charge in [-0.05, 0) is 26.8 Å². The van der Waals surface area contributed by atoms with Crippen LogP contribution in [0.4, 0.5) is 10.5 Å². The van der Waals surface area contributed by atoms with Gasteiger partial charge in [-0.2, -0.15) is 0 Å². The first kappa shape index (κ1) is 18.0. The van der Waals surface area contributed by atoms with E-state index in [9.17, 15) is 14.7 Å². The number of benzene rings is 1. The number of para-hydroxylation sites is 1. The van der Waals surface area contributed by atoms with E-state index in [1.165, 1.54) is 0 Å². The van der Waals surface area contributed by atoms with Crippen molar-refractivity contribution in [2.24, 2.45) is 4.99 Å². The highest BCUT2D eigenvalue weighted by atomic mass is 79.9. The number of hydrogen-bond acceptors (Lipinski definition) is 5. The van der Waals surface area contributed by atoms with Crippen molar-refractivity contribution in [2.75, 3.05) is 10.6 Å². The largest absolute Gasteiger partial charge is 0.444 e. The molecule has 1 aromatic carbocycles. The highest BCUT2D eigenvalue weighted by molar-refractivity contribution is 9.09. The maximum atomic E-state index is 11.9. The molecule has 0 fully saturated rings. The monoisotopic (exact) mass is 400 g/mol. The van der Waals surface area contributed by atoms with Crippen molar-refractivity contribution in [3.8, 4) is 0 Å². The van der Waals surface area contributed by atoms with Gasteiger partial charge in [0.1, 0.15) is 10.6 Å². The molecule has 23 heavy (non-hydrogen) atoms. The third-order valence-corrected chi connectivity index (χ3v) is 5.12. The molecule has 2 rings (SSSR count). The van der Waals surface area contributed by atoms with Gasteiger partial charge in [-0.3, -0.25) is 10.1 Å². The SMILES string of the molecule is CC(C)(C)OC(=O)Nc1ccccc1C1=NC(=O)[C@@](O)(CBr)S1. The molecule has 0 aliphatic carbocycles. The van der Waals surface area contributed by atoms with Crippen LogP contribution in [-0.4, -0.2) is 38.0 Å². The Morgan fingerprint density at radius 2 is 2.09 bits per heavy atom. The quantitative estimate of drug-likeness (QED) is 0.760. The lowest BCUT2D eigenvalue weighted by molar-refractivity contribution is -0.126. The van der Waals surface area contributed by atoms with Crippen LogP contribution in [0.3, 0.4) is 0 Å². The first-order valence-corrected chi connectivity index (χ1v) is 8.78. The molecule has 1 aromatic rings. The van der Waals surface area contributed by atoms with E-state index in [0.717, 1.165) is 11.8 Å². The maximum absolute atomic E-state index is 11.9. The molecule has 0 spiro atoms. The lowest BCUT2D eigenvalue weighted by atomic mass is 10.2. The molecule has 1 heterocycles. The zero-order valence-corrected chi connectivity index (χ0v) is 15.3. The molecule has 2 N–H and O–H groups in total. The fraction of sp³-hybridized carbons (Fsp3) is 0.400. The van der Waals surface area contributed by atoms with Crippen molar-refractivity contribution >= 4 is 50.4 Å². The summed E-state index contributed by atoms with van der Waals surface area (Å²) in [6.45, 7) is 5.30. The fourth-order valence-electron chi connectivity index (χ4n) is 1.80. The predicted molar refractivity (Wildman–Crippen MR) is 94.2 cm³/mol. The number of thioether (sulfide) groups is 1. The number of alkyl halides is 1. The molecular weight excluding hydrogens is 384 g/mol. The Labute approximate surface area is 146 Å². The number of nitrogens with one attached hydrogen (secondary N) is 1. The Morgan fingerprint density at radius 3 is 2.65 bits per heavy atom. The van der Waals surface area contributed by atoms with Gasteiger partial charge in [0.15, 0.2) is 0 Å². The number of carbonyl (C=O) groups is 2. The van der Waals surface area contributed by atoms with Crippen LogP contribution in [0, 0.1) is 0 Å². The smallest absolute Gasteiger partial charge is 0.412 e. The molecule has 0 saturated carbocycles. The number of aliphatic imine (C=N–C) groups is 1. The zero-order valence-electron chi connectivity index (χ0n) is 12.9. The molecule has 1 atom stereocenters. The van der Waals surface area contributed by atoms with Gasteiger partial charge in [0, 0.05) is 5.56 Å². The molecule has 0 saturated heterocycles. The second-order valence-corrected chi connectivity index (χ2v) is 7.74. The predicted octanol–water partition coefficient (Wildman–Crippen LogP) is 3.14. The number of halogens is 1. The summed E-state index contributed by atoms with van der Waals surface area (Å²) >= 11 is 4.06. The molecule has 6 nitrogen and oxygen atoms in total. The zero-order chi connectivity index (χ0) is 17.3. The Hall–Kier alpha value is -1.38. The lowest BCUT2D eigenvalue weighted by Crippen LogP contribution is -2.32. The number of ether oxygens (including phenoxy) is 1. The van der Waals surface area contributed by atoms with E-state index < -0.39 is 22.5 Å². The third-order valence-electron chi connectivity index (χ3n) is 2.78. The molecule has 8 heteroatoms. The van der Waals surface area contributed by atoms with Crippen LogP contribution >= 0.6 is 27.7 Å². The standard InChI is InChI=1S/C15H17BrN2O4S/c1-14(2,3)22-13(20)17-10-7-5-4-6-9(10)11-18-12(19)15(21,8-16)23-11/h4-7,21H,8H2,1-3H3,(H,17,20)/t15-/m1/s1. The van der Waals surface area contributed by atoms with Crippen molar-refractivity contribution in [3.05, 3.63) is 29.8 Å².